The Labute approximate surface area is 198 Å². The largest absolute Gasteiger partial charge is 0.365 e. The summed E-state index contributed by atoms with van der Waals surface area (Å²) in [6.07, 6.45) is 2.84. The molecule has 2 aliphatic heterocycles. The van der Waals surface area contributed by atoms with Crippen LogP contribution in [0.3, 0.4) is 0 Å². The number of nitrogens with one attached hydrogen (secondary N) is 1. The fourth-order valence-corrected chi connectivity index (χ4v) is 4.48. The molecule has 2 amide bonds. The van der Waals surface area contributed by atoms with Gasteiger partial charge in [-0.1, -0.05) is 41.1 Å². The van der Waals surface area contributed by atoms with Crippen LogP contribution in [0.4, 0.5) is 0 Å². The average molecular weight is 461 g/mol. The summed E-state index contributed by atoms with van der Waals surface area (Å²) in [4.78, 5) is 31.7. The molecule has 1 N–H and O–H groups in total. The standard InChI is InChI=1S/C25H28N6O3/c1-17-5-7-18(8-6-17)22-15-31-21(16-34-22)23(28-29-31)25(33)30-12-9-19(10-13-30)24(32)27-14-20-4-2-3-11-26-20/h2-8,11,19,22H,9-10,12-16H2,1H3,(H,27,32). The topological polar surface area (TPSA) is 102 Å². The van der Waals surface area contributed by atoms with Crippen molar-refractivity contribution in [3.63, 3.8) is 0 Å². The number of fused-ring (bicyclic) bond motifs is 1. The van der Waals surface area contributed by atoms with E-state index in [1.807, 2.05) is 18.2 Å². The van der Waals surface area contributed by atoms with Gasteiger partial charge in [-0.3, -0.25) is 14.6 Å². The number of piperidine rings is 1. The molecular formula is C25H28N6O3. The molecule has 0 saturated carbocycles. The highest BCUT2D eigenvalue weighted by Crippen LogP contribution is 2.28. The first-order valence-corrected chi connectivity index (χ1v) is 11.7. The van der Waals surface area contributed by atoms with Crippen molar-refractivity contribution < 1.29 is 14.3 Å². The highest BCUT2D eigenvalue weighted by atomic mass is 16.5. The summed E-state index contributed by atoms with van der Waals surface area (Å²) >= 11 is 0. The van der Waals surface area contributed by atoms with Crippen molar-refractivity contribution in [3.05, 3.63) is 76.9 Å². The van der Waals surface area contributed by atoms with Gasteiger partial charge in [-0.05, 0) is 37.5 Å². The van der Waals surface area contributed by atoms with Gasteiger partial charge in [0.2, 0.25) is 5.91 Å². The number of likely N-dealkylation sites (tertiary alicyclic amines) is 1. The Hall–Kier alpha value is -3.59. The monoisotopic (exact) mass is 460 g/mol. The van der Waals surface area contributed by atoms with E-state index in [9.17, 15) is 9.59 Å². The van der Waals surface area contributed by atoms with Gasteiger partial charge in [0.15, 0.2) is 5.69 Å². The predicted octanol–water partition coefficient (Wildman–Crippen LogP) is 2.42. The van der Waals surface area contributed by atoms with Gasteiger partial charge in [-0.15, -0.1) is 5.10 Å². The Balaban J connectivity index is 1.16. The Kier molecular flexibility index (Phi) is 6.35. The van der Waals surface area contributed by atoms with E-state index >= 15 is 0 Å². The molecule has 1 fully saturated rings. The number of benzene rings is 1. The maximum absolute atomic E-state index is 13.2. The van der Waals surface area contributed by atoms with Gasteiger partial charge < -0.3 is 15.0 Å². The molecule has 1 unspecified atom stereocenters. The quantitative estimate of drug-likeness (QED) is 0.627. The molecule has 1 saturated heterocycles. The number of rotatable bonds is 5. The minimum absolute atomic E-state index is 0.00865. The van der Waals surface area contributed by atoms with Crippen LogP contribution in [0.1, 0.15) is 51.9 Å². The number of pyridine rings is 1. The highest BCUT2D eigenvalue weighted by molar-refractivity contribution is 5.93. The zero-order valence-electron chi connectivity index (χ0n) is 19.2. The number of hydrogen-bond acceptors (Lipinski definition) is 6. The molecule has 0 radical (unpaired) electrons. The van der Waals surface area contributed by atoms with Gasteiger partial charge in [0.25, 0.3) is 5.91 Å². The first-order valence-electron chi connectivity index (χ1n) is 11.7. The van der Waals surface area contributed by atoms with Gasteiger partial charge >= 0.3 is 0 Å². The molecule has 9 heteroatoms. The fraction of sp³-hybridized carbons (Fsp3) is 0.400. The third-order valence-electron chi connectivity index (χ3n) is 6.57. The molecule has 0 aliphatic carbocycles. The van der Waals surface area contributed by atoms with Crippen LogP contribution in [0.2, 0.25) is 0 Å². The van der Waals surface area contributed by atoms with Crippen molar-refractivity contribution in [2.24, 2.45) is 5.92 Å². The first-order chi connectivity index (χ1) is 16.6. The molecular weight excluding hydrogens is 432 g/mol. The van der Waals surface area contributed by atoms with Crippen LogP contribution in [0.25, 0.3) is 0 Å². The number of nitrogens with zero attached hydrogens (tertiary/aromatic N) is 5. The molecule has 4 heterocycles. The summed E-state index contributed by atoms with van der Waals surface area (Å²) in [5.41, 5.74) is 4.17. The van der Waals surface area contributed by atoms with Crippen LogP contribution in [-0.4, -0.2) is 49.8 Å². The van der Waals surface area contributed by atoms with Crippen molar-refractivity contribution in [3.8, 4) is 0 Å². The summed E-state index contributed by atoms with van der Waals surface area (Å²) in [7, 11) is 0. The Morgan fingerprint density at radius 1 is 1.12 bits per heavy atom. The predicted molar refractivity (Wildman–Crippen MR) is 123 cm³/mol. The van der Waals surface area contributed by atoms with Crippen molar-refractivity contribution in [2.75, 3.05) is 13.1 Å². The van der Waals surface area contributed by atoms with Crippen molar-refractivity contribution in [1.29, 1.82) is 0 Å². The molecule has 2 aliphatic rings. The molecule has 3 aromatic rings. The van der Waals surface area contributed by atoms with Crippen LogP contribution in [0.15, 0.2) is 48.7 Å². The third kappa shape index (κ3) is 4.70. The average Bonchev–Trinajstić information content (AvgIpc) is 3.31. The zero-order chi connectivity index (χ0) is 23.5. The second kappa shape index (κ2) is 9.72. The lowest BCUT2D eigenvalue weighted by Crippen LogP contribution is -2.43. The number of hydrogen-bond donors (Lipinski definition) is 1. The number of carbonyl (C=O) groups is 2. The Bertz CT molecular complexity index is 1150. The van der Waals surface area contributed by atoms with Crippen molar-refractivity contribution in [2.45, 2.75) is 45.6 Å². The molecule has 176 valence electrons. The van der Waals surface area contributed by atoms with E-state index in [0.29, 0.717) is 57.0 Å². The van der Waals surface area contributed by atoms with Crippen LogP contribution in [-0.2, 0) is 29.2 Å². The maximum atomic E-state index is 13.2. The van der Waals surface area contributed by atoms with Gasteiger partial charge in [0, 0.05) is 25.2 Å². The van der Waals surface area contributed by atoms with E-state index in [0.717, 1.165) is 11.3 Å². The molecule has 5 rings (SSSR count). The van der Waals surface area contributed by atoms with Gasteiger partial charge in [-0.25, -0.2) is 4.68 Å². The second-order valence-corrected chi connectivity index (χ2v) is 8.88. The zero-order valence-corrected chi connectivity index (χ0v) is 19.2. The number of carbonyl (C=O) groups excluding carboxylic acids is 2. The maximum Gasteiger partial charge on any atom is 0.276 e. The summed E-state index contributed by atoms with van der Waals surface area (Å²) in [5.74, 6) is -0.249. The number of amides is 2. The number of ether oxygens (including phenoxy) is 1. The van der Waals surface area contributed by atoms with Crippen LogP contribution >= 0.6 is 0 Å². The highest BCUT2D eigenvalue weighted by Gasteiger charge is 2.33. The van der Waals surface area contributed by atoms with E-state index in [1.165, 1.54) is 5.56 Å². The number of aryl methyl sites for hydroxylation is 1. The molecule has 2 aromatic heterocycles. The lowest BCUT2D eigenvalue weighted by Gasteiger charge is -2.31. The minimum Gasteiger partial charge on any atom is -0.365 e. The van der Waals surface area contributed by atoms with Crippen LogP contribution in [0.5, 0.6) is 0 Å². The SMILES string of the molecule is Cc1ccc(C2Cn3nnc(C(=O)N4CCC(C(=O)NCc5ccccn5)CC4)c3CO2)cc1. The molecule has 1 aromatic carbocycles. The summed E-state index contributed by atoms with van der Waals surface area (Å²) in [5, 5.41) is 11.4. The van der Waals surface area contributed by atoms with Gasteiger partial charge in [0.05, 0.1) is 31.1 Å². The normalized spacial score (nSPS) is 18.4. The lowest BCUT2D eigenvalue weighted by atomic mass is 9.95. The van der Waals surface area contributed by atoms with Crippen LogP contribution < -0.4 is 5.32 Å². The van der Waals surface area contributed by atoms with Gasteiger partial charge in [-0.2, -0.15) is 0 Å². The molecule has 9 nitrogen and oxygen atoms in total. The molecule has 0 bridgehead atoms. The van der Waals surface area contributed by atoms with Gasteiger partial charge in [0.1, 0.15) is 6.10 Å². The molecule has 0 spiro atoms. The smallest absolute Gasteiger partial charge is 0.276 e. The van der Waals surface area contributed by atoms with E-state index < -0.39 is 0 Å². The fourth-order valence-electron chi connectivity index (χ4n) is 4.48. The molecule has 1 atom stereocenters. The summed E-state index contributed by atoms with van der Waals surface area (Å²) in [6, 6.07) is 13.9. The van der Waals surface area contributed by atoms with E-state index in [2.05, 4.69) is 51.8 Å². The third-order valence-corrected chi connectivity index (χ3v) is 6.57. The van der Waals surface area contributed by atoms with Crippen LogP contribution in [0, 0.1) is 12.8 Å². The lowest BCUT2D eigenvalue weighted by molar-refractivity contribution is -0.126. The second-order valence-electron chi connectivity index (χ2n) is 8.88. The first kappa shape index (κ1) is 22.2. The minimum atomic E-state index is -0.147. The summed E-state index contributed by atoms with van der Waals surface area (Å²) in [6.45, 7) is 4.31. The molecule has 34 heavy (non-hydrogen) atoms. The number of aromatic nitrogens is 4. The Morgan fingerprint density at radius 2 is 1.91 bits per heavy atom. The van der Waals surface area contributed by atoms with E-state index in [4.69, 9.17) is 4.74 Å². The van der Waals surface area contributed by atoms with E-state index in [1.54, 1.807) is 15.8 Å². The van der Waals surface area contributed by atoms with Crippen molar-refractivity contribution in [1.82, 2.24) is 30.2 Å². The summed E-state index contributed by atoms with van der Waals surface area (Å²) < 4.78 is 7.83. The Morgan fingerprint density at radius 3 is 2.65 bits per heavy atom. The van der Waals surface area contributed by atoms with E-state index in [-0.39, 0.29) is 23.8 Å². The van der Waals surface area contributed by atoms with Crippen molar-refractivity contribution >= 4 is 11.8 Å².